The number of nitrogens with one attached hydrogen (secondary N) is 3. The first-order valence-electron chi connectivity index (χ1n) is 9.37. The van der Waals surface area contributed by atoms with Gasteiger partial charge in [0.05, 0.1) is 6.54 Å². The molecule has 8 heteroatoms. The van der Waals surface area contributed by atoms with E-state index in [1.807, 2.05) is 36.4 Å². The first-order valence-corrected chi connectivity index (χ1v) is 9.37. The third-order valence-electron chi connectivity index (χ3n) is 5.03. The summed E-state index contributed by atoms with van der Waals surface area (Å²) in [6.45, 7) is 0.380. The molecule has 1 fully saturated rings. The maximum absolute atomic E-state index is 12.7. The molecule has 1 unspecified atom stereocenters. The fourth-order valence-electron chi connectivity index (χ4n) is 3.59. The van der Waals surface area contributed by atoms with E-state index < -0.39 is 11.9 Å². The van der Waals surface area contributed by atoms with Crippen LogP contribution in [0, 0.1) is 0 Å². The molecule has 4 amide bonds. The van der Waals surface area contributed by atoms with Crippen molar-refractivity contribution in [1.29, 1.82) is 0 Å². The highest BCUT2D eigenvalue weighted by Crippen LogP contribution is 2.29. The van der Waals surface area contributed by atoms with E-state index in [9.17, 15) is 19.2 Å². The Morgan fingerprint density at radius 1 is 1.07 bits per heavy atom. The number of para-hydroxylation sites is 1. The van der Waals surface area contributed by atoms with Crippen LogP contribution in [-0.4, -0.2) is 41.1 Å². The quantitative estimate of drug-likeness (QED) is 0.669. The van der Waals surface area contributed by atoms with Gasteiger partial charge in [0.2, 0.25) is 17.7 Å². The summed E-state index contributed by atoms with van der Waals surface area (Å²) in [7, 11) is 0. The van der Waals surface area contributed by atoms with Crippen molar-refractivity contribution < 1.29 is 19.2 Å². The van der Waals surface area contributed by atoms with Crippen LogP contribution in [0.1, 0.15) is 28.8 Å². The van der Waals surface area contributed by atoms with Crippen LogP contribution in [0.2, 0.25) is 0 Å². The lowest BCUT2D eigenvalue weighted by Crippen LogP contribution is -2.52. The molecule has 3 N–H and O–H groups in total. The molecule has 0 spiro atoms. The van der Waals surface area contributed by atoms with Crippen LogP contribution < -0.4 is 16.0 Å². The highest BCUT2D eigenvalue weighted by atomic mass is 16.2. The monoisotopic (exact) mass is 392 g/mol. The summed E-state index contributed by atoms with van der Waals surface area (Å²) in [6.07, 6.45) is 0.551. The maximum atomic E-state index is 12.7. The maximum Gasteiger partial charge on any atom is 0.255 e. The van der Waals surface area contributed by atoms with Gasteiger partial charge in [-0.2, -0.15) is 0 Å². The van der Waals surface area contributed by atoms with Gasteiger partial charge in [-0.15, -0.1) is 0 Å². The van der Waals surface area contributed by atoms with Crippen molar-refractivity contribution in [2.75, 3.05) is 17.2 Å². The molecule has 2 aromatic carbocycles. The van der Waals surface area contributed by atoms with Crippen molar-refractivity contribution in [3.05, 3.63) is 59.7 Å². The molecule has 1 atom stereocenters. The fraction of sp³-hybridized carbons (Fsp3) is 0.238. The molecule has 4 rings (SSSR count). The van der Waals surface area contributed by atoms with E-state index in [0.29, 0.717) is 24.2 Å². The van der Waals surface area contributed by atoms with Crippen molar-refractivity contribution in [2.45, 2.75) is 25.4 Å². The summed E-state index contributed by atoms with van der Waals surface area (Å²) in [6, 6.07) is 13.8. The van der Waals surface area contributed by atoms with Crippen LogP contribution >= 0.6 is 0 Å². The Morgan fingerprint density at radius 2 is 1.86 bits per heavy atom. The van der Waals surface area contributed by atoms with Gasteiger partial charge in [-0.05, 0) is 42.3 Å². The fourth-order valence-corrected chi connectivity index (χ4v) is 3.59. The van der Waals surface area contributed by atoms with E-state index in [-0.39, 0.29) is 30.7 Å². The normalized spacial score (nSPS) is 18.3. The Kier molecular flexibility index (Phi) is 4.99. The molecule has 1 saturated heterocycles. The van der Waals surface area contributed by atoms with Crippen molar-refractivity contribution in [3.63, 3.8) is 0 Å². The molecule has 0 radical (unpaired) electrons. The average Bonchev–Trinajstić information content (AvgIpc) is 3.03. The number of carbonyl (C=O) groups is 4. The molecule has 148 valence electrons. The lowest BCUT2D eigenvalue weighted by atomic mass is 10.0. The highest BCUT2D eigenvalue weighted by molar-refractivity contribution is 6.05. The van der Waals surface area contributed by atoms with Gasteiger partial charge >= 0.3 is 0 Å². The molecule has 8 nitrogen and oxygen atoms in total. The molecule has 2 aliphatic rings. The lowest BCUT2D eigenvalue weighted by Gasteiger charge is -2.29. The van der Waals surface area contributed by atoms with Crippen molar-refractivity contribution in [2.24, 2.45) is 0 Å². The minimum Gasteiger partial charge on any atom is -0.376 e. The summed E-state index contributed by atoms with van der Waals surface area (Å²) in [4.78, 5) is 49.7. The smallest absolute Gasteiger partial charge is 0.255 e. The standard InChI is InChI=1S/C21H20N4O4/c26-18-9-8-17(20(28)24-18)25-12-13-10-15(6-7-16(13)21(25)29)22-11-19(27)23-14-4-2-1-3-5-14/h1-7,10,17,22H,8-9,11-12H2,(H,23,27)(H,24,26,28). The average molecular weight is 392 g/mol. The predicted octanol–water partition coefficient (Wildman–Crippen LogP) is 1.50. The van der Waals surface area contributed by atoms with Gasteiger partial charge in [-0.25, -0.2) is 0 Å². The largest absolute Gasteiger partial charge is 0.376 e. The predicted molar refractivity (Wildman–Crippen MR) is 106 cm³/mol. The SMILES string of the molecule is O=C1CCC(N2Cc3cc(NCC(=O)Nc4ccccc4)ccc3C2=O)C(=O)N1. The Hall–Kier alpha value is -3.68. The van der Waals surface area contributed by atoms with Gasteiger partial charge in [0.15, 0.2) is 0 Å². The summed E-state index contributed by atoms with van der Waals surface area (Å²) in [5.41, 5.74) is 2.76. The number of imide groups is 1. The van der Waals surface area contributed by atoms with E-state index >= 15 is 0 Å². The Labute approximate surface area is 167 Å². The number of nitrogens with zero attached hydrogens (tertiary/aromatic N) is 1. The number of fused-ring (bicyclic) bond motifs is 1. The number of hydrogen-bond acceptors (Lipinski definition) is 5. The van der Waals surface area contributed by atoms with Crippen LogP contribution in [0.3, 0.4) is 0 Å². The number of amides is 4. The summed E-state index contributed by atoms with van der Waals surface area (Å²) in [5, 5.41) is 8.14. The zero-order valence-electron chi connectivity index (χ0n) is 15.6. The first-order chi connectivity index (χ1) is 14.0. The van der Waals surface area contributed by atoms with Gasteiger partial charge in [-0.3, -0.25) is 24.5 Å². The topological polar surface area (TPSA) is 108 Å². The minimum atomic E-state index is -0.638. The molecule has 0 saturated carbocycles. The number of rotatable bonds is 5. The second-order valence-corrected chi connectivity index (χ2v) is 7.04. The molecular weight excluding hydrogens is 372 g/mol. The zero-order chi connectivity index (χ0) is 20.4. The van der Waals surface area contributed by atoms with E-state index in [4.69, 9.17) is 0 Å². The Morgan fingerprint density at radius 3 is 2.62 bits per heavy atom. The van der Waals surface area contributed by atoms with Crippen LogP contribution in [0.5, 0.6) is 0 Å². The van der Waals surface area contributed by atoms with Crippen molar-refractivity contribution in [1.82, 2.24) is 10.2 Å². The van der Waals surface area contributed by atoms with Crippen molar-refractivity contribution >= 4 is 35.0 Å². The van der Waals surface area contributed by atoms with E-state index in [1.54, 1.807) is 12.1 Å². The molecule has 0 aliphatic carbocycles. The van der Waals surface area contributed by atoms with E-state index in [1.165, 1.54) is 4.90 Å². The van der Waals surface area contributed by atoms with E-state index in [0.717, 1.165) is 11.3 Å². The van der Waals surface area contributed by atoms with Crippen LogP contribution in [-0.2, 0) is 20.9 Å². The van der Waals surface area contributed by atoms with Gasteiger partial charge in [0.25, 0.3) is 5.91 Å². The van der Waals surface area contributed by atoms with Gasteiger partial charge in [0, 0.05) is 29.9 Å². The summed E-state index contributed by atoms with van der Waals surface area (Å²) < 4.78 is 0. The van der Waals surface area contributed by atoms with Crippen LogP contribution in [0.25, 0.3) is 0 Å². The molecule has 0 bridgehead atoms. The number of hydrogen-bond donors (Lipinski definition) is 3. The minimum absolute atomic E-state index is 0.0818. The molecule has 2 aliphatic heterocycles. The second kappa shape index (κ2) is 7.75. The van der Waals surface area contributed by atoms with Gasteiger partial charge < -0.3 is 15.5 Å². The molecule has 2 aromatic rings. The summed E-state index contributed by atoms with van der Waals surface area (Å²) in [5.74, 6) is -1.14. The highest BCUT2D eigenvalue weighted by Gasteiger charge is 2.39. The van der Waals surface area contributed by atoms with Gasteiger partial charge in [0.1, 0.15) is 6.04 Å². The third kappa shape index (κ3) is 3.96. The third-order valence-corrected chi connectivity index (χ3v) is 5.03. The number of piperidine rings is 1. The Balaban J connectivity index is 1.39. The molecule has 2 heterocycles. The number of carbonyl (C=O) groups excluding carboxylic acids is 4. The van der Waals surface area contributed by atoms with Gasteiger partial charge in [-0.1, -0.05) is 18.2 Å². The van der Waals surface area contributed by atoms with Crippen molar-refractivity contribution in [3.8, 4) is 0 Å². The molecule has 0 aromatic heterocycles. The van der Waals surface area contributed by atoms with Crippen LogP contribution in [0.4, 0.5) is 11.4 Å². The van der Waals surface area contributed by atoms with Crippen LogP contribution in [0.15, 0.2) is 48.5 Å². The summed E-state index contributed by atoms with van der Waals surface area (Å²) >= 11 is 0. The van der Waals surface area contributed by atoms with E-state index in [2.05, 4.69) is 16.0 Å². The number of anilines is 2. The lowest BCUT2D eigenvalue weighted by molar-refractivity contribution is -0.137. The first kappa shape index (κ1) is 18.7. The number of benzene rings is 2. The zero-order valence-corrected chi connectivity index (χ0v) is 15.6. The Bertz CT molecular complexity index is 989. The second-order valence-electron chi connectivity index (χ2n) is 7.04. The molecular formula is C21H20N4O4. The molecule has 29 heavy (non-hydrogen) atoms.